The second kappa shape index (κ2) is 37.7. The molecule has 0 saturated carbocycles. The zero-order chi connectivity index (χ0) is 93.4. The average Bonchev–Trinajstić information content (AvgIpc) is 0.685. The molecule has 1 heterocycles. The third kappa shape index (κ3) is 18.1. The molecule has 0 bridgehead atoms. The van der Waals surface area contributed by atoms with Gasteiger partial charge in [0.15, 0.2) is 0 Å². The number of hydrogen-bond acceptors (Lipinski definition) is 3. The van der Waals surface area contributed by atoms with Gasteiger partial charge in [0.05, 0.1) is 11.0 Å². The van der Waals surface area contributed by atoms with Crippen LogP contribution in [0.15, 0.2) is 467 Å². The lowest BCUT2D eigenvalue weighted by Crippen LogP contribution is -2.02. The van der Waals surface area contributed by atoms with Crippen molar-refractivity contribution in [2.45, 2.75) is 0 Å². The van der Waals surface area contributed by atoms with Crippen LogP contribution in [0.1, 0.15) is 0 Å². The van der Waals surface area contributed by atoms with E-state index in [2.05, 4.69) is 476 Å². The molecule has 658 valence electrons. The molecule has 0 radical (unpaired) electrons. The number of para-hydroxylation sites is 1. The van der Waals surface area contributed by atoms with Crippen LogP contribution in [0.2, 0.25) is 0 Å². The summed E-state index contributed by atoms with van der Waals surface area (Å²) in [5, 5.41) is 24.6. The maximum absolute atomic E-state index is 12.6. The van der Waals surface area contributed by atoms with Crippen LogP contribution in [0.3, 0.4) is 0 Å². The van der Waals surface area contributed by atoms with Crippen molar-refractivity contribution >= 4 is 159 Å². The lowest BCUT2D eigenvalue weighted by Gasteiger charge is -2.18. The van der Waals surface area contributed by atoms with Crippen LogP contribution in [-0.2, 0) is 9.13 Å². The first-order valence-corrected chi connectivity index (χ1v) is 57.4. The highest BCUT2D eigenvalue weighted by atomic mass is 31.2. The normalized spacial score (nSPS) is 11.8. The first kappa shape index (κ1) is 89.3. The molecule has 0 N–H and O–H groups in total. The Balaban J connectivity index is 0.000000112. The van der Waals surface area contributed by atoms with E-state index in [4.69, 9.17) is 4.98 Å². The molecule has 3 nitrogen and oxygen atoms in total. The lowest BCUT2D eigenvalue weighted by molar-refractivity contribution is 0.587. The molecule has 0 atom stereocenters. The Bertz CT molecular complexity index is 8500. The van der Waals surface area contributed by atoms with Gasteiger partial charge in [0, 0.05) is 32.3 Å². The molecular weight excluding hydrogens is 1720 g/mol. The molecule has 136 heavy (non-hydrogen) atoms. The van der Waals surface area contributed by atoms with Gasteiger partial charge in [-0.05, 0) is 252 Å². The summed E-state index contributed by atoms with van der Waals surface area (Å²) in [5.74, 6) is 0. The summed E-state index contributed by atoms with van der Waals surface area (Å²) in [7, 11) is -4.56. The molecule has 0 amide bonds. The Morgan fingerprint density at radius 2 is 0.390 bits per heavy atom. The van der Waals surface area contributed by atoms with Crippen molar-refractivity contribution in [3.63, 3.8) is 0 Å². The summed E-state index contributed by atoms with van der Waals surface area (Å²) >= 11 is 0. The van der Waals surface area contributed by atoms with Gasteiger partial charge in [-0.1, -0.05) is 481 Å². The highest BCUT2D eigenvalue weighted by Crippen LogP contribution is 2.50. The number of rotatable bonds is 14. The fraction of sp³-hybridized carbons (Fsp3) is 0.0620. The number of hydrogen-bond donors (Lipinski definition) is 0. The van der Waals surface area contributed by atoms with Crippen LogP contribution >= 0.6 is 28.1 Å². The van der Waals surface area contributed by atoms with Gasteiger partial charge in [-0.15, -0.1) is 0 Å². The number of aromatic nitrogens is 1. The molecule has 0 unspecified atom stereocenters. The summed E-state index contributed by atoms with van der Waals surface area (Å²) in [4.78, 5) is 5.06. The van der Waals surface area contributed by atoms with E-state index in [1.165, 1.54) is 175 Å². The zero-order valence-corrected chi connectivity index (χ0v) is 81.5. The van der Waals surface area contributed by atoms with Crippen LogP contribution in [0.25, 0.3) is 208 Å². The van der Waals surface area contributed by atoms with E-state index >= 15 is 0 Å². The predicted molar refractivity (Wildman–Crippen MR) is 605 cm³/mol. The molecule has 22 aromatic carbocycles. The van der Waals surface area contributed by atoms with Crippen molar-refractivity contribution in [3.05, 3.63) is 467 Å². The molecule has 23 aromatic rings. The van der Waals surface area contributed by atoms with Crippen molar-refractivity contribution in [1.82, 2.24) is 4.98 Å². The Morgan fingerprint density at radius 3 is 0.691 bits per heavy atom. The minimum Gasteiger partial charge on any atom is -0.319 e. The third-order valence-corrected chi connectivity index (χ3v) is 32.9. The monoisotopic (exact) mass is 1820 g/mol. The van der Waals surface area contributed by atoms with E-state index < -0.39 is 28.1 Å². The fourth-order valence-corrected chi connectivity index (χ4v) is 23.3. The van der Waals surface area contributed by atoms with Crippen molar-refractivity contribution < 1.29 is 9.13 Å². The predicted octanol–water partition coefficient (Wildman–Crippen LogP) is 34.4. The summed E-state index contributed by atoms with van der Waals surface area (Å²) in [6.45, 7) is 13.8. The molecule has 7 heteroatoms. The largest absolute Gasteiger partial charge is 0.319 e. The van der Waals surface area contributed by atoms with Gasteiger partial charge in [-0.3, -0.25) is 0 Å². The van der Waals surface area contributed by atoms with Crippen LogP contribution < -0.4 is 21.2 Å². The minimum absolute atomic E-state index is 0.912. The van der Waals surface area contributed by atoms with Gasteiger partial charge >= 0.3 is 0 Å². The number of fused-ring (bicyclic) bond motifs is 10. The topological polar surface area (TPSA) is 47.0 Å². The van der Waals surface area contributed by atoms with Crippen molar-refractivity contribution in [3.8, 4) is 111 Å². The summed E-state index contributed by atoms with van der Waals surface area (Å²) in [6.07, 6.45) is 8.77. The van der Waals surface area contributed by atoms with E-state index in [-0.39, 0.29) is 0 Å². The Labute approximate surface area is 798 Å². The van der Waals surface area contributed by atoms with E-state index in [1.54, 1.807) is 0 Å². The van der Waals surface area contributed by atoms with E-state index in [1.807, 2.05) is 57.0 Å². The second-order valence-corrected chi connectivity index (χ2v) is 51.5. The molecule has 23 rings (SSSR count). The summed E-state index contributed by atoms with van der Waals surface area (Å²) in [5.41, 5.74) is 26.6. The van der Waals surface area contributed by atoms with Crippen LogP contribution in [0.4, 0.5) is 0 Å². The first-order chi connectivity index (χ1) is 66.0. The quantitative estimate of drug-likeness (QED) is 0.0619. The Morgan fingerprint density at radius 1 is 0.169 bits per heavy atom. The van der Waals surface area contributed by atoms with Gasteiger partial charge in [0.1, 0.15) is 14.3 Å². The maximum Gasteiger partial charge on any atom is 0.109 e. The van der Waals surface area contributed by atoms with E-state index in [0.29, 0.717) is 0 Å². The van der Waals surface area contributed by atoms with Gasteiger partial charge in [-0.2, -0.15) is 0 Å². The van der Waals surface area contributed by atoms with Gasteiger partial charge in [-0.25, -0.2) is 4.98 Å². The van der Waals surface area contributed by atoms with Crippen LogP contribution in [0, 0.1) is 0 Å². The highest BCUT2D eigenvalue weighted by molar-refractivity contribution is 7.79. The second-order valence-electron chi connectivity index (χ2n) is 37.3. The van der Waals surface area contributed by atoms with Crippen LogP contribution in [-0.4, -0.2) is 70.9 Å². The molecule has 0 saturated heterocycles. The number of pyridine rings is 1. The third-order valence-electron chi connectivity index (χ3n) is 26.5. The minimum atomic E-state index is -2.31. The van der Waals surface area contributed by atoms with Gasteiger partial charge in [0.2, 0.25) is 0 Å². The highest BCUT2D eigenvalue weighted by Gasteiger charge is 2.24. The lowest BCUT2D eigenvalue weighted by atomic mass is 9.86. The number of nitrogens with zero attached hydrogens (tertiary/aromatic N) is 1. The molecule has 0 fully saturated rings. The first-order valence-electron chi connectivity index (χ1n) is 46.4. The van der Waals surface area contributed by atoms with Crippen LogP contribution in [0.5, 0.6) is 0 Å². The van der Waals surface area contributed by atoms with Gasteiger partial charge < -0.3 is 9.13 Å². The molecule has 0 spiro atoms. The maximum atomic E-state index is 12.6. The van der Waals surface area contributed by atoms with E-state index in [0.717, 1.165) is 54.7 Å². The van der Waals surface area contributed by atoms with Crippen molar-refractivity contribution in [2.75, 3.05) is 53.3 Å². The zero-order valence-electron chi connectivity index (χ0n) is 77.9. The molecule has 0 aliphatic rings. The van der Waals surface area contributed by atoms with E-state index in [9.17, 15) is 9.13 Å². The summed E-state index contributed by atoms with van der Waals surface area (Å²) < 4.78 is 25.0. The van der Waals surface area contributed by atoms with Crippen molar-refractivity contribution in [2.24, 2.45) is 0 Å². The number of benzene rings is 22. The summed E-state index contributed by atoms with van der Waals surface area (Å²) in [6, 6.07) is 167. The molecule has 1 aromatic heterocycles. The Hall–Kier alpha value is -14.6. The molecule has 0 aliphatic heterocycles. The smallest absolute Gasteiger partial charge is 0.109 e. The molecule has 0 aliphatic carbocycles. The molecular formula is C129H105NO2P4. The SMILES string of the molecule is C=P(C)(C)c1ccc(-c2c3ccccc3c(-c3ccccc3)c3ccccc23)cc1.C=P(C)(C)c1ccc(-c2ccc(-c3c4ccccc4c(-c4ccccc4)c4ccccc34)cc2)cc1.CP(C)(=O)c1ccc(-c2ccc(-c3c4ccccc4nc4c3ccc3ccccc34)cc2)cc1.CP(C)(=O)c1cccc(-c2ccc(-c3c4ccccc4c(-c4ccccc4)c4ccccc34)cc2)c1. The van der Waals surface area contributed by atoms with Gasteiger partial charge in [0.25, 0.3) is 0 Å². The fourth-order valence-electron chi connectivity index (χ4n) is 19.6. The Kier molecular flexibility index (Phi) is 24.7. The standard InChI is InChI=1S/C35H29P.C34H27OP.C31H24NOP.C29H25P/c1-36(2,3)29-23-21-26(22-24-29)25-17-19-28(20-18-25)35-32-15-9-7-13-30(32)34(27-11-5-4-6-12-27)31-14-8-10-16-33(31)35;1-36(2,35)28-14-10-13-27(23-28)24-19-21-26(22-20-24)34-31-17-8-6-15-29(31)33(25-11-4-3-5-12-25)30-16-7-9-18-32(30)34;1-34(2,33)25-18-15-22(16-19-25)21-11-13-24(14-12-21)30-27-9-5-6-10-29(27)32-31-26-8-4-3-7-23(26)17-20-28(30)31;1-30(2,3)23-19-17-22(18-20-23)29-26-15-9-7-13-24(26)28(21-11-5-4-6-12-21)25-14-8-10-16-27(25)29/h4-24H,1H2,2-3H3;3-23H,1-2H3;3-20H,1-2H3;4-20H,1H2,2-3H3. The average molecular weight is 1830 g/mol. The van der Waals surface area contributed by atoms with Crippen molar-refractivity contribution in [1.29, 1.82) is 0 Å².